The lowest BCUT2D eigenvalue weighted by Crippen LogP contribution is -2.30. The number of rotatable bonds is 8. The van der Waals surface area contributed by atoms with Crippen molar-refractivity contribution in [2.75, 3.05) is 13.1 Å². The zero-order chi connectivity index (χ0) is 20.2. The van der Waals surface area contributed by atoms with Crippen LogP contribution in [0.3, 0.4) is 0 Å². The SMILES string of the molecule is CCN(CC)S(=O)(=O)c1ccc(OCc2cc(C)cc(C)c2)c([N+](=O)[O-])c1. The topological polar surface area (TPSA) is 89.8 Å². The Morgan fingerprint density at radius 1 is 1.04 bits per heavy atom. The van der Waals surface area contributed by atoms with Gasteiger partial charge in [0.2, 0.25) is 10.0 Å². The monoisotopic (exact) mass is 392 g/mol. The van der Waals surface area contributed by atoms with E-state index in [1.807, 2.05) is 32.0 Å². The third-order valence-electron chi connectivity index (χ3n) is 4.15. The van der Waals surface area contributed by atoms with Crippen LogP contribution in [0.25, 0.3) is 0 Å². The molecule has 2 aromatic rings. The largest absolute Gasteiger partial charge is 0.482 e. The fourth-order valence-electron chi connectivity index (χ4n) is 2.95. The lowest BCUT2D eigenvalue weighted by molar-refractivity contribution is -0.386. The van der Waals surface area contributed by atoms with Crippen molar-refractivity contribution >= 4 is 15.7 Å². The number of nitro groups is 1. The summed E-state index contributed by atoms with van der Waals surface area (Å²) < 4.78 is 32.1. The van der Waals surface area contributed by atoms with Gasteiger partial charge >= 0.3 is 5.69 Å². The molecule has 0 N–H and O–H groups in total. The average Bonchev–Trinajstić information content (AvgIpc) is 2.59. The zero-order valence-electron chi connectivity index (χ0n) is 15.9. The van der Waals surface area contributed by atoms with E-state index in [1.165, 1.54) is 16.4 Å². The smallest absolute Gasteiger partial charge is 0.312 e. The van der Waals surface area contributed by atoms with Crippen LogP contribution in [0.15, 0.2) is 41.3 Å². The highest BCUT2D eigenvalue weighted by Crippen LogP contribution is 2.31. The second kappa shape index (κ2) is 8.49. The lowest BCUT2D eigenvalue weighted by atomic mass is 10.1. The predicted molar refractivity (Wildman–Crippen MR) is 103 cm³/mol. The standard InChI is InChI=1S/C19H24N2O5S/c1-5-20(6-2)27(24,25)17-7-8-19(18(12-17)21(22)23)26-13-16-10-14(3)9-15(4)11-16/h7-12H,5-6,13H2,1-4H3. The van der Waals surface area contributed by atoms with Crippen LogP contribution < -0.4 is 4.74 Å². The molecule has 27 heavy (non-hydrogen) atoms. The fourth-order valence-corrected chi connectivity index (χ4v) is 4.43. The molecule has 0 heterocycles. The van der Waals surface area contributed by atoms with Gasteiger partial charge in [-0.25, -0.2) is 8.42 Å². The molecule has 0 saturated heterocycles. The summed E-state index contributed by atoms with van der Waals surface area (Å²) in [6.07, 6.45) is 0. The highest BCUT2D eigenvalue weighted by Gasteiger charge is 2.26. The number of ether oxygens (including phenoxy) is 1. The Balaban J connectivity index is 2.34. The summed E-state index contributed by atoms with van der Waals surface area (Å²) in [6, 6.07) is 9.66. The van der Waals surface area contributed by atoms with Gasteiger partial charge in [-0.05, 0) is 31.5 Å². The molecule has 0 bridgehead atoms. The van der Waals surface area contributed by atoms with Crippen molar-refractivity contribution in [2.24, 2.45) is 0 Å². The van der Waals surface area contributed by atoms with Crippen LogP contribution in [0.5, 0.6) is 5.75 Å². The Kier molecular flexibility index (Phi) is 6.56. The van der Waals surface area contributed by atoms with Gasteiger partial charge in [0.05, 0.1) is 9.82 Å². The minimum absolute atomic E-state index is 0.0395. The van der Waals surface area contributed by atoms with Crippen LogP contribution in [0.1, 0.15) is 30.5 Å². The molecule has 0 saturated carbocycles. The molecule has 0 aliphatic heterocycles. The zero-order valence-corrected chi connectivity index (χ0v) is 16.7. The Morgan fingerprint density at radius 3 is 2.15 bits per heavy atom. The number of hydrogen-bond acceptors (Lipinski definition) is 5. The number of hydrogen-bond donors (Lipinski definition) is 0. The maximum absolute atomic E-state index is 12.6. The van der Waals surface area contributed by atoms with Crippen LogP contribution in [-0.2, 0) is 16.6 Å². The first-order chi connectivity index (χ1) is 12.7. The summed E-state index contributed by atoms with van der Waals surface area (Å²) in [7, 11) is -3.78. The maximum Gasteiger partial charge on any atom is 0.312 e. The van der Waals surface area contributed by atoms with Crippen LogP contribution >= 0.6 is 0 Å². The van der Waals surface area contributed by atoms with Gasteiger partial charge in [-0.15, -0.1) is 0 Å². The van der Waals surface area contributed by atoms with Crippen molar-refractivity contribution in [1.29, 1.82) is 0 Å². The van der Waals surface area contributed by atoms with E-state index >= 15 is 0 Å². The highest BCUT2D eigenvalue weighted by atomic mass is 32.2. The average molecular weight is 392 g/mol. The Morgan fingerprint density at radius 2 is 1.63 bits per heavy atom. The molecular weight excluding hydrogens is 368 g/mol. The van der Waals surface area contributed by atoms with Crippen molar-refractivity contribution in [3.63, 3.8) is 0 Å². The van der Waals surface area contributed by atoms with Gasteiger partial charge in [0.15, 0.2) is 5.75 Å². The summed E-state index contributed by atoms with van der Waals surface area (Å²) in [5.74, 6) is 0.0395. The van der Waals surface area contributed by atoms with Crippen LogP contribution in [0.2, 0.25) is 0 Å². The van der Waals surface area contributed by atoms with Crippen molar-refractivity contribution in [2.45, 2.75) is 39.2 Å². The summed E-state index contributed by atoms with van der Waals surface area (Å²) >= 11 is 0. The van der Waals surface area contributed by atoms with Crippen molar-refractivity contribution in [3.8, 4) is 5.75 Å². The van der Waals surface area contributed by atoms with Crippen molar-refractivity contribution in [3.05, 3.63) is 63.2 Å². The maximum atomic E-state index is 12.6. The van der Waals surface area contributed by atoms with Crippen LogP contribution in [0.4, 0.5) is 5.69 Å². The molecule has 0 fully saturated rings. The molecule has 2 rings (SSSR count). The van der Waals surface area contributed by atoms with Gasteiger partial charge in [0.1, 0.15) is 6.61 Å². The molecule has 0 radical (unpaired) electrons. The summed E-state index contributed by atoms with van der Waals surface area (Å²) in [6.45, 7) is 8.10. The van der Waals surface area contributed by atoms with E-state index in [0.717, 1.165) is 22.8 Å². The van der Waals surface area contributed by atoms with Gasteiger partial charge in [-0.2, -0.15) is 4.31 Å². The minimum Gasteiger partial charge on any atom is -0.482 e. The fraction of sp³-hybridized carbons (Fsp3) is 0.368. The van der Waals surface area contributed by atoms with E-state index in [9.17, 15) is 18.5 Å². The number of benzene rings is 2. The molecule has 0 aliphatic carbocycles. The van der Waals surface area contributed by atoms with E-state index in [4.69, 9.17) is 4.74 Å². The van der Waals surface area contributed by atoms with Crippen molar-refractivity contribution in [1.82, 2.24) is 4.31 Å². The second-order valence-electron chi connectivity index (χ2n) is 6.26. The lowest BCUT2D eigenvalue weighted by Gasteiger charge is -2.18. The molecule has 8 heteroatoms. The first kappa shape index (κ1) is 20.9. The number of aryl methyl sites for hydroxylation is 2. The molecule has 0 unspecified atom stereocenters. The normalized spacial score (nSPS) is 11.6. The molecular formula is C19H24N2O5S. The molecule has 0 atom stereocenters. The van der Waals surface area contributed by atoms with Gasteiger partial charge in [-0.3, -0.25) is 10.1 Å². The summed E-state index contributed by atoms with van der Waals surface area (Å²) in [5, 5.41) is 11.4. The van der Waals surface area contributed by atoms with E-state index in [2.05, 4.69) is 0 Å². The summed E-state index contributed by atoms with van der Waals surface area (Å²) in [5.41, 5.74) is 2.67. The second-order valence-corrected chi connectivity index (χ2v) is 8.20. The van der Waals surface area contributed by atoms with Gasteiger partial charge in [-0.1, -0.05) is 43.2 Å². The van der Waals surface area contributed by atoms with E-state index in [1.54, 1.807) is 13.8 Å². The minimum atomic E-state index is -3.78. The molecule has 7 nitrogen and oxygen atoms in total. The van der Waals surface area contributed by atoms with Crippen LogP contribution in [-0.4, -0.2) is 30.7 Å². The molecule has 2 aromatic carbocycles. The summed E-state index contributed by atoms with van der Waals surface area (Å²) in [4.78, 5) is 10.7. The van der Waals surface area contributed by atoms with E-state index in [0.29, 0.717) is 0 Å². The third kappa shape index (κ3) is 4.84. The van der Waals surface area contributed by atoms with Crippen LogP contribution in [0, 0.1) is 24.0 Å². The quantitative estimate of drug-likeness (QED) is 0.503. The Hall–Kier alpha value is -2.45. The van der Waals surface area contributed by atoms with Gasteiger partial charge in [0.25, 0.3) is 0 Å². The number of sulfonamides is 1. The number of nitro benzene ring substituents is 1. The van der Waals surface area contributed by atoms with E-state index in [-0.39, 0.29) is 36.0 Å². The van der Waals surface area contributed by atoms with Gasteiger partial charge < -0.3 is 4.74 Å². The highest BCUT2D eigenvalue weighted by molar-refractivity contribution is 7.89. The molecule has 0 aliphatic rings. The molecule has 0 aromatic heterocycles. The van der Waals surface area contributed by atoms with Crippen molar-refractivity contribution < 1.29 is 18.1 Å². The first-order valence-corrected chi connectivity index (χ1v) is 10.1. The molecule has 0 amide bonds. The Bertz CT molecular complexity index is 917. The van der Waals surface area contributed by atoms with E-state index < -0.39 is 14.9 Å². The van der Waals surface area contributed by atoms with Gasteiger partial charge in [0, 0.05) is 19.2 Å². The Labute approximate surface area is 159 Å². The first-order valence-electron chi connectivity index (χ1n) is 8.67. The third-order valence-corrected chi connectivity index (χ3v) is 6.19. The molecule has 146 valence electrons. The number of nitrogens with zero attached hydrogens (tertiary/aromatic N) is 2. The molecule has 0 spiro atoms. The predicted octanol–water partition coefficient (Wildman–Crippen LogP) is 3.82.